The lowest BCUT2D eigenvalue weighted by Crippen LogP contribution is -2.17. The molecule has 174 valence electrons. The third-order valence-electron chi connectivity index (χ3n) is 6.17. The molecule has 1 aliphatic rings. The highest BCUT2D eigenvalue weighted by Crippen LogP contribution is 2.40. The molecule has 1 aliphatic carbocycles. The average Bonchev–Trinajstić information content (AvgIpc) is 3.41. The van der Waals surface area contributed by atoms with Crippen molar-refractivity contribution in [3.05, 3.63) is 69.8 Å². The summed E-state index contributed by atoms with van der Waals surface area (Å²) in [6.07, 6.45) is 2.74. The molecule has 0 saturated carbocycles. The molecule has 0 spiro atoms. The van der Waals surface area contributed by atoms with Crippen LogP contribution in [-0.2, 0) is 17.6 Å². The highest BCUT2D eigenvalue weighted by Gasteiger charge is 2.29. The Balaban J connectivity index is 1.57. The number of nitrogens with zero attached hydrogens (tertiary/aromatic N) is 1. The van der Waals surface area contributed by atoms with Gasteiger partial charge in [0.05, 0.1) is 23.3 Å². The molecule has 1 N–H and O–H groups in total. The highest BCUT2D eigenvalue weighted by atomic mass is 32.1. The number of pyridine rings is 1. The molecule has 3 aromatic heterocycles. The molecule has 0 fully saturated rings. The lowest BCUT2D eigenvalue weighted by Gasteiger charge is -2.18. The van der Waals surface area contributed by atoms with Gasteiger partial charge in [-0.25, -0.2) is 9.78 Å². The Labute approximate surface area is 202 Å². The molecule has 0 bridgehead atoms. The molecule has 1 amide bonds. The van der Waals surface area contributed by atoms with E-state index in [2.05, 4.69) is 12.2 Å². The van der Waals surface area contributed by atoms with E-state index in [-0.39, 0.29) is 18.5 Å². The minimum absolute atomic E-state index is 0.286. The fourth-order valence-corrected chi connectivity index (χ4v) is 5.88. The summed E-state index contributed by atoms with van der Waals surface area (Å²) >= 11 is 1.49. The van der Waals surface area contributed by atoms with Gasteiger partial charge < -0.3 is 14.5 Å². The van der Waals surface area contributed by atoms with Crippen LogP contribution in [0.2, 0.25) is 0 Å². The van der Waals surface area contributed by atoms with Gasteiger partial charge in [-0.05, 0) is 68.9 Å². The topological polar surface area (TPSA) is 81.4 Å². The lowest BCUT2D eigenvalue weighted by atomic mass is 9.88. The summed E-state index contributed by atoms with van der Waals surface area (Å²) in [6.45, 7) is 6.16. The molecular weight excluding hydrogens is 448 g/mol. The van der Waals surface area contributed by atoms with Gasteiger partial charge in [0.1, 0.15) is 16.5 Å². The predicted molar refractivity (Wildman–Crippen MR) is 134 cm³/mol. The van der Waals surface area contributed by atoms with Crippen molar-refractivity contribution in [1.82, 2.24) is 4.98 Å². The molecule has 34 heavy (non-hydrogen) atoms. The van der Waals surface area contributed by atoms with Crippen molar-refractivity contribution in [1.29, 1.82) is 0 Å². The van der Waals surface area contributed by atoms with Crippen LogP contribution < -0.4 is 5.32 Å². The maximum absolute atomic E-state index is 13.6. The number of hydrogen-bond acceptors (Lipinski definition) is 6. The number of carbonyl (C=O) groups is 2. The van der Waals surface area contributed by atoms with Crippen molar-refractivity contribution in [2.75, 3.05) is 11.9 Å². The van der Waals surface area contributed by atoms with Crippen LogP contribution in [-0.4, -0.2) is 23.5 Å². The molecule has 4 aromatic rings. The van der Waals surface area contributed by atoms with E-state index in [1.807, 2.05) is 43.3 Å². The number of benzene rings is 1. The van der Waals surface area contributed by atoms with Crippen molar-refractivity contribution >= 4 is 39.1 Å². The summed E-state index contributed by atoms with van der Waals surface area (Å²) in [5.41, 5.74) is 3.28. The number of anilines is 1. The molecule has 0 unspecified atom stereocenters. The number of carbonyl (C=O) groups excluding carboxylic acids is 2. The van der Waals surface area contributed by atoms with E-state index in [1.165, 1.54) is 11.3 Å². The Morgan fingerprint density at radius 3 is 2.82 bits per heavy atom. The molecule has 1 aromatic carbocycles. The van der Waals surface area contributed by atoms with Crippen LogP contribution in [0.5, 0.6) is 0 Å². The first kappa shape index (κ1) is 22.3. The fraction of sp³-hybridized carbons (Fsp3) is 0.296. The first-order valence-corrected chi connectivity index (χ1v) is 12.4. The van der Waals surface area contributed by atoms with Crippen LogP contribution in [0.4, 0.5) is 5.00 Å². The number of aromatic nitrogens is 1. The molecule has 3 heterocycles. The Kier molecular flexibility index (Phi) is 5.96. The molecule has 1 atom stereocenters. The number of ether oxygens (including phenoxy) is 1. The van der Waals surface area contributed by atoms with Gasteiger partial charge in [0.2, 0.25) is 0 Å². The predicted octanol–water partition coefficient (Wildman–Crippen LogP) is 6.42. The van der Waals surface area contributed by atoms with Crippen molar-refractivity contribution in [3.8, 4) is 11.5 Å². The Hall–Kier alpha value is -3.45. The van der Waals surface area contributed by atoms with Crippen LogP contribution in [0.3, 0.4) is 0 Å². The minimum atomic E-state index is -0.379. The molecule has 5 rings (SSSR count). The maximum Gasteiger partial charge on any atom is 0.341 e. The van der Waals surface area contributed by atoms with Crippen LogP contribution in [0.15, 0.2) is 46.9 Å². The number of furan rings is 1. The van der Waals surface area contributed by atoms with Crippen molar-refractivity contribution in [2.45, 2.75) is 40.0 Å². The number of amides is 1. The van der Waals surface area contributed by atoms with E-state index >= 15 is 0 Å². The number of fused-ring (bicyclic) bond motifs is 2. The minimum Gasteiger partial charge on any atom is -0.462 e. The molecule has 6 nitrogen and oxygen atoms in total. The van der Waals surface area contributed by atoms with E-state index in [0.717, 1.165) is 40.8 Å². The van der Waals surface area contributed by atoms with E-state index in [9.17, 15) is 9.59 Å². The van der Waals surface area contributed by atoms with Crippen LogP contribution in [0.25, 0.3) is 22.4 Å². The SMILES string of the molecule is CCOC(=O)c1c(NC(=O)c2cc(-c3ccc(C)o3)nc3ccccc23)sc2c1CC[C@@H](C)C2. The fourth-order valence-electron chi connectivity index (χ4n) is 4.49. The first-order valence-electron chi connectivity index (χ1n) is 11.5. The Morgan fingerprint density at radius 2 is 2.06 bits per heavy atom. The Bertz CT molecular complexity index is 1400. The zero-order valence-corrected chi connectivity index (χ0v) is 20.3. The van der Waals surface area contributed by atoms with Gasteiger partial charge in [-0.2, -0.15) is 0 Å². The first-order chi connectivity index (χ1) is 16.4. The number of esters is 1. The van der Waals surface area contributed by atoms with Gasteiger partial charge in [-0.1, -0.05) is 25.1 Å². The maximum atomic E-state index is 13.6. The zero-order chi connectivity index (χ0) is 23.8. The monoisotopic (exact) mass is 474 g/mol. The van der Waals surface area contributed by atoms with Crippen LogP contribution in [0.1, 0.15) is 57.2 Å². The summed E-state index contributed by atoms with van der Waals surface area (Å²) in [6, 6.07) is 13.0. The normalized spacial score (nSPS) is 15.2. The van der Waals surface area contributed by atoms with E-state index < -0.39 is 0 Å². The van der Waals surface area contributed by atoms with Crippen molar-refractivity contribution < 1.29 is 18.7 Å². The van der Waals surface area contributed by atoms with E-state index in [0.29, 0.717) is 39.0 Å². The quantitative estimate of drug-likeness (QED) is 0.338. The second-order valence-electron chi connectivity index (χ2n) is 8.71. The third-order valence-corrected chi connectivity index (χ3v) is 7.34. The zero-order valence-electron chi connectivity index (χ0n) is 19.4. The third kappa shape index (κ3) is 4.12. The summed E-state index contributed by atoms with van der Waals surface area (Å²) in [5.74, 6) is 1.25. The average molecular weight is 475 g/mol. The van der Waals surface area contributed by atoms with E-state index in [4.69, 9.17) is 14.1 Å². The van der Waals surface area contributed by atoms with Crippen LogP contribution >= 0.6 is 11.3 Å². The Morgan fingerprint density at radius 1 is 1.24 bits per heavy atom. The number of para-hydroxylation sites is 1. The van der Waals surface area contributed by atoms with Crippen molar-refractivity contribution in [3.63, 3.8) is 0 Å². The molecule has 0 radical (unpaired) electrons. The van der Waals surface area contributed by atoms with Gasteiger partial charge in [-0.3, -0.25) is 4.79 Å². The summed E-state index contributed by atoms with van der Waals surface area (Å²) in [5, 5.41) is 4.32. The molecule has 0 saturated heterocycles. The number of aryl methyl sites for hydroxylation is 1. The smallest absolute Gasteiger partial charge is 0.341 e. The summed E-state index contributed by atoms with van der Waals surface area (Å²) in [4.78, 5) is 32.3. The van der Waals surface area contributed by atoms with E-state index in [1.54, 1.807) is 13.0 Å². The number of rotatable bonds is 5. The number of hydrogen-bond donors (Lipinski definition) is 1. The van der Waals surface area contributed by atoms with Gasteiger partial charge >= 0.3 is 5.97 Å². The summed E-state index contributed by atoms with van der Waals surface area (Å²) < 4.78 is 11.1. The second-order valence-corrected chi connectivity index (χ2v) is 9.82. The van der Waals surface area contributed by atoms with Gasteiger partial charge in [-0.15, -0.1) is 11.3 Å². The van der Waals surface area contributed by atoms with Crippen molar-refractivity contribution in [2.24, 2.45) is 5.92 Å². The largest absolute Gasteiger partial charge is 0.462 e. The van der Waals surface area contributed by atoms with Crippen LogP contribution in [0, 0.1) is 12.8 Å². The second kappa shape index (κ2) is 9.06. The van der Waals surface area contributed by atoms with Gasteiger partial charge in [0, 0.05) is 10.3 Å². The lowest BCUT2D eigenvalue weighted by molar-refractivity contribution is 0.0526. The van der Waals surface area contributed by atoms with Gasteiger partial charge in [0.15, 0.2) is 5.76 Å². The molecule has 7 heteroatoms. The molecule has 0 aliphatic heterocycles. The standard InChI is InChI=1S/C27H26N2O4S/c1-4-32-27(31)24-18-11-9-15(2)13-23(18)34-26(24)29-25(30)19-14-21(22-12-10-16(3)33-22)28-20-8-6-5-7-17(19)20/h5-8,10,12,14-15H,4,9,11,13H2,1-3H3,(H,29,30)/t15-/m1/s1. The van der Waals surface area contributed by atoms with Gasteiger partial charge in [0.25, 0.3) is 5.91 Å². The number of nitrogens with one attached hydrogen (secondary N) is 1. The number of thiophene rings is 1. The molecular formula is C27H26N2O4S. The summed E-state index contributed by atoms with van der Waals surface area (Å²) in [7, 11) is 0. The highest BCUT2D eigenvalue weighted by molar-refractivity contribution is 7.17.